The Morgan fingerprint density at radius 3 is 2.66 bits per heavy atom. The average Bonchev–Trinajstić information content (AvgIpc) is 3.19. The number of carbonyl (C=O) groups excluding carboxylic acids is 1. The SMILES string of the molecule is COc1ccc(-c2noc([C@H](C)O)c2C(=O)NCCN2CCOCC2)cc1OC. The highest BCUT2D eigenvalue weighted by Gasteiger charge is 2.27. The van der Waals surface area contributed by atoms with Gasteiger partial charge in [0.15, 0.2) is 17.3 Å². The fraction of sp³-hybridized carbons (Fsp3) is 0.500. The molecule has 1 fully saturated rings. The van der Waals surface area contributed by atoms with Gasteiger partial charge in [-0.05, 0) is 25.1 Å². The van der Waals surface area contributed by atoms with Gasteiger partial charge in [-0.1, -0.05) is 5.16 Å². The van der Waals surface area contributed by atoms with Crippen LogP contribution in [0.5, 0.6) is 11.5 Å². The van der Waals surface area contributed by atoms with Gasteiger partial charge in [-0.3, -0.25) is 9.69 Å². The lowest BCUT2D eigenvalue weighted by Crippen LogP contribution is -2.41. The number of hydrogen-bond donors (Lipinski definition) is 2. The Hall–Kier alpha value is -2.62. The van der Waals surface area contributed by atoms with Gasteiger partial charge in [0.1, 0.15) is 17.4 Å². The molecule has 2 N–H and O–H groups in total. The van der Waals surface area contributed by atoms with Crippen molar-refractivity contribution in [1.82, 2.24) is 15.4 Å². The predicted molar refractivity (Wildman–Crippen MR) is 105 cm³/mol. The fourth-order valence-electron chi connectivity index (χ4n) is 3.23. The number of nitrogens with zero attached hydrogens (tertiary/aromatic N) is 2. The second-order valence-corrected chi connectivity index (χ2v) is 6.73. The summed E-state index contributed by atoms with van der Waals surface area (Å²) < 4.78 is 21.2. The molecular formula is C20H27N3O6. The summed E-state index contributed by atoms with van der Waals surface area (Å²) in [4.78, 5) is 15.1. The molecule has 1 atom stereocenters. The molecule has 3 rings (SSSR count). The summed E-state index contributed by atoms with van der Waals surface area (Å²) in [5, 5.41) is 17.0. The molecule has 0 saturated carbocycles. The summed E-state index contributed by atoms with van der Waals surface area (Å²) in [6, 6.07) is 5.20. The van der Waals surface area contributed by atoms with Crippen LogP contribution < -0.4 is 14.8 Å². The van der Waals surface area contributed by atoms with Crippen LogP contribution in [0.15, 0.2) is 22.7 Å². The first kappa shape index (κ1) is 21.1. The van der Waals surface area contributed by atoms with Crippen LogP contribution in [0.3, 0.4) is 0 Å². The van der Waals surface area contributed by atoms with Gasteiger partial charge in [0, 0.05) is 31.7 Å². The monoisotopic (exact) mass is 405 g/mol. The number of aromatic nitrogens is 1. The van der Waals surface area contributed by atoms with E-state index in [9.17, 15) is 9.90 Å². The standard InChI is InChI=1S/C20H27N3O6/c1-13(24)19-17(20(25)21-6-7-23-8-10-28-11-9-23)18(22-29-19)14-4-5-15(26-2)16(12-14)27-3/h4-5,12-13,24H,6-11H2,1-3H3,(H,21,25)/t13-/m0/s1. The highest BCUT2D eigenvalue weighted by atomic mass is 16.5. The van der Waals surface area contributed by atoms with Gasteiger partial charge in [0.05, 0.1) is 27.4 Å². The predicted octanol–water partition coefficient (Wildman–Crippen LogP) is 1.47. The zero-order valence-corrected chi connectivity index (χ0v) is 16.9. The Morgan fingerprint density at radius 2 is 2.00 bits per heavy atom. The summed E-state index contributed by atoms with van der Waals surface area (Å²) >= 11 is 0. The number of carbonyl (C=O) groups is 1. The van der Waals surface area contributed by atoms with Crippen LogP contribution in [0.1, 0.15) is 29.1 Å². The maximum Gasteiger partial charge on any atom is 0.257 e. The van der Waals surface area contributed by atoms with E-state index in [1.54, 1.807) is 25.3 Å². The molecule has 2 aromatic rings. The summed E-state index contributed by atoms with van der Waals surface area (Å²) in [6.07, 6.45) is -0.976. The van der Waals surface area contributed by atoms with Crippen LogP contribution in [0, 0.1) is 0 Å². The maximum absolute atomic E-state index is 12.9. The Kier molecular flexibility index (Phi) is 7.08. The van der Waals surface area contributed by atoms with Gasteiger partial charge in [0.2, 0.25) is 0 Å². The van der Waals surface area contributed by atoms with E-state index in [0.29, 0.717) is 42.5 Å². The first-order chi connectivity index (χ1) is 14.0. The normalized spacial score (nSPS) is 15.7. The number of ether oxygens (including phenoxy) is 3. The van der Waals surface area contributed by atoms with E-state index >= 15 is 0 Å². The largest absolute Gasteiger partial charge is 0.493 e. The molecule has 0 unspecified atom stereocenters. The molecule has 0 aliphatic carbocycles. The van der Waals surface area contributed by atoms with Gasteiger partial charge >= 0.3 is 0 Å². The number of hydrogen-bond acceptors (Lipinski definition) is 8. The molecule has 9 heteroatoms. The number of aliphatic hydroxyl groups is 1. The highest BCUT2D eigenvalue weighted by Crippen LogP contribution is 2.35. The van der Waals surface area contributed by atoms with Crippen molar-refractivity contribution in [2.75, 3.05) is 53.6 Å². The first-order valence-electron chi connectivity index (χ1n) is 9.53. The molecule has 1 aliphatic heterocycles. The van der Waals surface area contributed by atoms with Crippen molar-refractivity contribution in [1.29, 1.82) is 0 Å². The lowest BCUT2D eigenvalue weighted by atomic mass is 10.0. The minimum atomic E-state index is -0.976. The van der Waals surface area contributed by atoms with Crippen molar-refractivity contribution in [2.45, 2.75) is 13.0 Å². The first-order valence-corrected chi connectivity index (χ1v) is 9.53. The topological polar surface area (TPSA) is 106 Å². The van der Waals surface area contributed by atoms with Crippen molar-refractivity contribution in [3.8, 4) is 22.8 Å². The van der Waals surface area contributed by atoms with Crippen LogP contribution >= 0.6 is 0 Å². The number of morpholine rings is 1. The minimum absolute atomic E-state index is 0.124. The number of rotatable bonds is 8. The van der Waals surface area contributed by atoms with Gasteiger partial charge in [0.25, 0.3) is 5.91 Å². The quantitative estimate of drug-likeness (QED) is 0.680. The highest BCUT2D eigenvalue weighted by molar-refractivity contribution is 6.01. The number of nitrogens with one attached hydrogen (secondary N) is 1. The van der Waals surface area contributed by atoms with E-state index in [-0.39, 0.29) is 17.2 Å². The van der Waals surface area contributed by atoms with Gasteiger partial charge in [-0.25, -0.2) is 0 Å². The van der Waals surface area contributed by atoms with Gasteiger partial charge < -0.3 is 29.2 Å². The Bertz CT molecular complexity index is 830. The minimum Gasteiger partial charge on any atom is -0.493 e. The molecule has 1 amide bonds. The molecule has 0 bridgehead atoms. The van der Waals surface area contributed by atoms with Crippen LogP contribution in [0.2, 0.25) is 0 Å². The average molecular weight is 405 g/mol. The Balaban J connectivity index is 1.81. The van der Waals surface area contributed by atoms with Crippen molar-refractivity contribution in [3.05, 3.63) is 29.5 Å². The number of aliphatic hydroxyl groups excluding tert-OH is 1. The number of amides is 1. The third kappa shape index (κ3) is 4.87. The van der Waals surface area contributed by atoms with Crippen molar-refractivity contribution in [2.24, 2.45) is 0 Å². The molecule has 2 heterocycles. The molecule has 29 heavy (non-hydrogen) atoms. The lowest BCUT2D eigenvalue weighted by Gasteiger charge is -2.26. The van der Waals surface area contributed by atoms with Crippen LogP contribution in [0.25, 0.3) is 11.3 Å². The third-order valence-corrected chi connectivity index (χ3v) is 4.80. The van der Waals surface area contributed by atoms with Crippen molar-refractivity contribution >= 4 is 5.91 Å². The number of benzene rings is 1. The summed E-state index contributed by atoms with van der Waals surface area (Å²) in [7, 11) is 3.08. The van der Waals surface area contributed by atoms with E-state index in [4.69, 9.17) is 18.7 Å². The third-order valence-electron chi connectivity index (χ3n) is 4.80. The van der Waals surface area contributed by atoms with E-state index < -0.39 is 6.10 Å². The molecule has 0 radical (unpaired) electrons. The van der Waals surface area contributed by atoms with Crippen LogP contribution in [-0.2, 0) is 4.74 Å². The molecule has 0 spiro atoms. The molecule has 1 aliphatic rings. The van der Waals surface area contributed by atoms with E-state index in [1.807, 2.05) is 0 Å². The molecule has 158 valence electrons. The molecule has 1 saturated heterocycles. The zero-order chi connectivity index (χ0) is 20.8. The summed E-state index contributed by atoms with van der Waals surface area (Å²) in [6.45, 7) is 5.82. The lowest BCUT2D eigenvalue weighted by molar-refractivity contribution is 0.0383. The second-order valence-electron chi connectivity index (χ2n) is 6.73. The maximum atomic E-state index is 12.9. The molecule has 1 aromatic heterocycles. The molecule has 9 nitrogen and oxygen atoms in total. The van der Waals surface area contributed by atoms with Crippen LogP contribution in [0.4, 0.5) is 0 Å². The van der Waals surface area contributed by atoms with E-state index in [2.05, 4.69) is 15.4 Å². The second kappa shape index (κ2) is 9.73. The summed E-state index contributed by atoms with van der Waals surface area (Å²) in [5.74, 6) is 0.844. The zero-order valence-electron chi connectivity index (χ0n) is 16.9. The summed E-state index contributed by atoms with van der Waals surface area (Å²) in [5.41, 5.74) is 1.18. The van der Waals surface area contributed by atoms with Crippen LogP contribution in [-0.4, -0.2) is 74.7 Å². The van der Waals surface area contributed by atoms with E-state index in [0.717, 1.165) is 19.6 Å². The fourth-order valence-corrected chi connectivity index (χ4v) is 3.23. The van der Waals surface area contributed by atoms with Gasteiger partial charge in [-0.15, -0.1) is 0 Å². The smallest absolute Gasteiger partial charge is 0.257 e. The number of methoxy groups -OCH3 is 2. The van der Waals surface area contributed by atoms with Crippen molar-refractivity contribution in [3.63, 3.8) is 0 Å². The van der Waals surface area contributed by atoms with Crippen molar-refractivity contribution < 1.29 is 28.6 Å². The Labute approximate surface area is 169 Å². The van der Waals surface area contributed by atoms with Gasteiger partial charge in [-0.2, -0.15) is 0 Å². The molecule has 1 aromatic carbocycles. The molecular weight excluding hydrogens is 378 g/mol. The van der Waals surface area contributed by atoms with E-state index in [1.165, 1.54) is 14.0 Å². The Morgan fingerprint density at radius 1 is 1.28 bits per heavy atom.